The zero-order chi connectivity index (χ0) is 14.2. The van der Waals surface area contributed by atoms with Crippen LogP contribution in [0.25, 0.3) is 0 Å². The Morgan fingerprint density at radius 1 is 1.74 bits per heavy atom. The van der Waals surface area contributed by atoms with E-state index < -0.39 is 35.6 Å². The molecule has 0 bridgehead atoms. The number of ether oxygens (including phenoxy) is 1. The first-order chi connectivity index (χ1) is 8.93. The summed E-state index contributed by atoms with van der Waals surface area (Å²) in [5.41, 5.74) is 4.67. The lowest BCUT2D eigenvalue weighted by atomic mass is 9.99. The highest BCUT2D eigenvalue weighted by Gasteiger charge is 2.55. The van der Waals surface area contributed by atoms with Crippen molar-refractivity contribution in [2.75, 3.05) is 12.3 Å². The number of aromatic nitrogens is 2. The van der Waals surface area contributed by atoms with E-state index in [-0.39, 0.29) is 5.82 Å². The summed E-state index contributed by atoms with van der Waals surface area (Å²) in [6, 6.07) is 1.37. The third kappa shape index (κ3) is 2.09. The van der Waals surface area contributed by atoms with Crippen LogP contribution in [-0.4, -0.2) is 43.5 Å². The van der Waals surface area contributed by atoms with E-state index in [9.17, 15) is 9.90 Å². The second-order valence-corrected chi connectivity index (χ2v) is 4.73. The summed E-state index contributed by atoms with van der Waals surface area (Å²) in [7, 11) is 0. The molecule has 0 amide bonds. The van der Waals surface area contributed by atoms with Crippen LogP contribution in [0.4, 0.5) is 5.82 Å². The minimum atomic E-state index is -1.67. The molecule has 1 fully saturated rings. The van der Waals surface area contributed by atoms with Crippen molar-refractivity contribution < 1.29 is 14.9 Å². The summed E-state index contributed by atoms with van der Waals surface area (Å²) in [5, 5.41) is 19.1. The number of anilines is 1. The van der Waals surface area contributed by atoms with Crippen LogP contribution >= 0.6 is 11.6 Å². The number of nitrogens with zero attached hydrogens (tertiary/aromatic N) is 2. The molecular weight excluding hydrogens is 274 g/mol. The van der Waals surface area contributed by atoms with Crippen molar-refractivity contribution in [1.29, 1.82) is 0 Å². The van der Waals surface area contributed by atoms with Gasteiger partial charge < -0.3 is 20.7 Å². The molecule has 2 heterocycles. The second-order valence-electron chi connectivity index (χ2n) is 4.11. The predicted molar refractivity (Wildman–Crippen MR) is 67.3 cm³/mol. The molecule has 0 aromatic carbocycles. The van der Waals surface area contributed by atoms with Crippen molar-refractivity contribution >= 4 is 17.4 Å². The standard InChI is InChI=1S/C11H12ClN3O4/c1-2-11(12)8(17)6(5-16)19-9(11)15-4-3-7(13)14-10(15)18/h1,3-4,6,8-9,16-17H,5H2,(H2,13,14,18)/t6-,8?,9-,11-/m1/s1. The lowest BCUT2D eigenvalue weighted by Crippen LogP contribution is -2.43. The quantitative estimate of drug-likeness (QED) is 0.459. The lowest BCUT2D eigenvalue weighted by molar-refractivity contribution is -0.0464. The van der Waals surface area contributed by atoms with Gasteiger partial charge in [-0.25, -0.2) is 4.79 Å². The summed E-state index contributed by atoms with van der Waals surface area (Å²) in [6.45, 7) is -0.481. The van der Waals surface area contributed by atoms with Crippen LogP contribution in [0, 0.1) is 12.3 Å². The highest BCUT2D eigenvalue weighted by Crippen LogP contribution is 2.42. The molecule has 0 aliphatic carbocycles. The Bertz CT molecular complexity index is 584. The maximum Gasteiger partial charge on any atom is 0.351 e. The first-order valence-electron chi connectivity index (χ1n) is 5.39. The maximum atomic E-state index is 11.8. The van der Waals surface area contributed by atoms with E-state index in [4.69, 9.17) is 33.6 Å². The van der Waals surface area contributed by atoms with E-state index in [2.05, 4.69) is 10.9 Å². The molecule has 102 valence electrons. The van der Waals surface area contributed by atoms with Crippen LogP contribution in [0.2, 0.25) is 0 Å². The van der Waals surface area contributed by atoms with Gasteiger partial charge in [0.15, 0.2) is 11.1 Å². The van der Waals surface area contributed by atoms with Gasteiger partial charge in [0.1, 0.15) is 18.0 Å². The van der Waals surface area contributed by atoms with Crippen molar-refractivity contribution in [3.63, 3.8) is 0 Å². The Balaban J connectivity index is 2.49. The summed E-state index contributed by atoms with van der Waals surface area (Å²) in [4.78, 5) is 13.6. The number of aliphatic hydroxyl groups is 2. The highest BCUT2D eigenvalue weighted by atomic mass is 35.5. The minimum Gasteiger partial charge on any atom is -0.394 e. The molecule has 1 aromatic rings. The van der Waals surface area contributed by atoms with Crippen molar-refractivity contribution in [3.8, 4) is 12.3 Å². The van der Waals surface area contributed by atoms with Gasteiger partial charge in [-0.15, -0.1) is 6.42 Å². The maximum absolute atomic E-state index is 11.8. The molecule has 0 spiro atoms. The van der Waals surface area contributed by atoms with Crippen LogP contribution in [0.3, 0.4) is 0 Å². The molecule has 7 nitrogen and oxygen atoms in total. The molecule has 4 N–H and O–H groups in total. The third-order valence-corrected chi connectivity index (χ3v) is 3.47. The summed E-state index contributed by atoms with van der Waals surface area (Å²) >= 11 is 6.15. The molecule has 19 heavy (non-hydrogen) atoms. The molecule has 1 aliphatic heterocycles. The fourth-order valence-corrected chi connectivity index (χ4v) is 2.22. The molecule has 2 rings (SSSR count). The second kappa shape index (κ2) is 4.83. The molecule has 0 radical (unpaired) electrons. The monoisotopic (exact) mass is 285 g/mol. The highest BCUT2D eigenvalue weighted by molar-refractivity contribution is 6.27. The number of nitrogens with two attached hydrogens (primary N) is 1. The van der Waals surface area contributed by atoms with Crippen molar-refractivity contribution in [1.82, 2.24) is 9.55 Å². The van der Waals surface area contributed by atoms with Gasteiger partial charge in [0, 0.05) is 6.20 Å². The average Bonchev–Trinajstić information content (AvgIpc) is 2.63. The summed E-state index contributed by atoms with van der Waals surface area (Å²) < 4.78 is 6.37. The Morgan fingerprint density at radius 3 is 2.95 bits per heavy atom. The molecule has 1 saturated heterocycles. The van der Waals surface area contributed by atoms with Crippen LogP contribution in [-0.2, 0) is 4.74 Å². The number of terminal acetylenes is 1. The normalized spacial score (nSPS) is 34.1. The molecule has 1 aromatic heterocycles. The molecule has 8 heteroatoms. The van der Waals surface area contributed by atoms with Crippen molar-refractivity contribution in [2.24, 2.45) is 0 Å². The molecule has 0 saturated carbocycles. The fourth-order valence-electron chi connectivity index (χ4n) is 1.93. The van der Waals surface area contributed by atoms with Crippen LogP contribution in [0.1, 0.15) is 6.23 Å². The first-order valence-corrected chi connectivity index (χ1v) is 5.77. The van der Waals surface area contributed by atoms with Crippen LogP contribution in [0.15, 0.2) is 17.1 Å². The van der Waals surface area contributed by atoms with E-state index in [1.54, 1.807) is 0 Å². The van der Waals surface area contributed by atoms with Gasteiger partial charge in [-0.1, -0.05) is 17.5 Å². The minimum absolute atomic E-state index is 0.0411. The smallest absolute Gasteiger partial charge is 0.351 e. The average molecular weight is 286 g/mol. The number of aliphatic hydroxyl groups excluding tert-OH is 2. The van der Waals surface area contributed by atoms with Gasteiger partial charge in [0.25, 0.3) is 0 Å². The molecule has 1 unspecified atom stereocenters. The Labute approximate surface area is 113 Å². The number of hydrogen-bond donors (Lipinski definition) is 3. The largest absolute Gasteiger partial charge is 0.394 e. The number of hydrogen-bond acceptors (Lipinski definition) is 6. The topological polar surface area (TPSA) is 111 Å². The van der Waals surface area contributed by atoms with Gasteiger partial charge in [-0.2, -0.15) is 4.98 Å². The Hall–Kier alpha value is -1.59. The van der Waals surface area contributed by atoms with Gasteiger partial charge in [-0.05, 0) is 6.07 Å². The van der Waals surface area contributed by atoms with Gasteiger partial charge >= 0.3 is 5.69 Å². The zero-order valence-electron chi connectivity index (χ0n) is 9.73. The van der Waals surface area contributed by atoms with E-state index in [0.29, 0.717) is 0 Å². The molecule has 1 aliphatic rings. The molecule has 4 atom stereocenters. The van der Waals surface area contributed by atoms with Gasteiger partial charge in [0.05, 0.1) is 6.61 Å². The number of alkyl halides is 1. The number of halogens is 1. The van der Waals surface area contributed by atoms with E-state index in [1.165, 1.54) is 12.3 Å². The number of nitrogen functional groups attached to an aromatic ring is 1. The first kappa shape index (κ1) is 13.8. The molecular formula is C11H12ClN3O4. The van der Waals surface area contributed by atoms with Crippen LogP contribution in [0.5, 0.6) is 0 Å². The summed E-state index contributed by atoms with van der Waals surface area (Å²) in [5.74, 6) is 2.25. The zero-order valence-corrected chi connectivity index (χ0v) is 10.5. The van der Waals surface area contributed by atoms with Crippen molar-refractivity contribution in [3.05, 3.63) is 22.7 Å². The van der Waals surface area contributed by atoms with E-state index >= 15 is 0 Å². The van der Waals surface area contributed by atoms with Gasteiger partial charge in [0.2, 0.25) is 0 Å². The fraction of sp³-hybridized carbons (Fsp3) is 0.455. The van der Waals surface area contributed by atoms with Crippen molar-refractivity contribution in [2.45, 2.75) is 23.3 Å². The van der Waals surface area contributed by atoms with E-state index in [0.717, 1.165) is 4.57 Å². The Morgan fingerprint density at radius 2 is 2.42 bits per heavy atom. The third-order valence-electron chi connectivity index (χ3n) is 2.95. The lowest BCUT2D eigenvalue weighted by Gasteiger charge is -2.25. The van der Waals surface area contributed by atoms with E-state index in [1.807, 2.05) is 0 Å². The van der Waals surface area contributed by atoms with Gasteiger partial charge in [-0.3, -0.25) is 4.57 Å². The SMILES string of the molecule is C#C[C@@]1(Cl)C(O)[C@@H](CO)O[C@H]1n1ccc(N)nc1=O. The predicted octanol–water partition coefficient (Wildman–Crippen LogP) is -1.31. The summed E-state index contributed by atoms with van der Waals surface area (Å²) in [6.07, 6.45) is 3.18. The number of rotatable bonds is 2. The Kier molecular flexibility index (Phi) is 3.52. The van der Waals surface area contributed by atoms with Crippen LogP contribution < -0.4 is 11.4 Å².